The normalized spacial score (nSPS) is 13.3. The largest absolute Gasteiger partial charge is 0.352 e. The Labute approximate surface area is 194 Å². The number of amides is 1. The third-order valence-corrected chi connectivity index (χ3v) is 6.78. The van der Waals surface area contributed by atoms with Crippen molar-refractivity contribution in [3.8, 4) is 0 Å². The van der Waals surface area contributed by atoms with E-state index in [0.717, 1.165) is 20.8 Å². The number of nitrogens with zero attached hydrogens (tertiary/aromatic N) is 1. The quantitative estimate of drug-likeness (QED) is 0.445. The van der Waals surface area contributed by atoms with Gasteiger partial charge in [0, 0.05) is 31.8 Å². The van der Waals surface area contributed by atoms with Gasteiger partial charge in [-0.1, -0.05) is 57.2 Å². The second kappa shape index (κ2) is 11.3. The molecule has 0 fully saturated rings. The van der Waals surface area contributed by atoms with Crippen molar-refractivity contribution in [2.45, 2.75) is 58.4 Å². The zero-order valence-electron chi connectivity index (χ0n) is 19.1. The maximum atomic E-state index is 13.2. The van der Waals surface area contributed by atoms with Gasteiger partial charge < -0.3 is 11.1 Å². The van der Waals surface area contributed by atoms with Gasteiger partial charge in [0.2, 0.25) is 5.91 Å². The highest BCUT2D eigenvalue weighted by Crippen LogP contribution is 2.28. The van der Waals surface area contributed by atoms with Crippen LogP contribution in [0.4, 0.5) is 0 Å². The van der Waals surface area contributed by atoms with Crippen molar-refractivity contribution in [2.75, 3.05) is 6.54 Å². The lowest BCUT2D eigenvalue weighted by Gasteiger charge is -2.21. The van der Waals surface area contributed by atoms with E-state index in [1.54, 1.807) is 11.3 Å². The molecule has 0 saturated carbocycles. The molecule has 3 rings (SSSR count). The van der Waals surface area contributed by atoms with Crippen LogP contribution in [0.3, 0.4) is 0 Å². The highest BCUT2D eigenvalue weighted by molar-refractivity contribution is 7.18. The molecule has 0 aliphatic carbocycles. The van der Waals surface area contributed by atoms with Gasteiger partial charge >= 0.3 is 0 Å². The third kappa shape index (κ3) is 6.47. The van der Waals surface area contributed by atoms with Crippen molar-refractivity contribution < 1.29 is 9.59 Å². The number of nitrogens with one attached hydrogen (secondary N) is 1. The molecule has 0 saturated heterocycles. The molecular formula is C26H33N3O2S. The average molecular weight is 452 g/mol. The number of fused-ring (bicyclic) bond motifs is 1. The van der Waals surface area contributed by atoms with E-state index < -0.39 is 5.92 Å². The van der Waals surface area contributed by atoms with Gasteiger partial charge in [-0.3, -0.25) is 9.59 Å². The number of hydrogen-bond acceptors (Lipinski definition) is 5. The van der Waals surface area contributed by atoms with Crippen LogP contribution in [-0.2, 0) is 22.4 Å². The van der Waals surface area contributed by atoms with Crippen LogP contribution in [0.2, 0.25) is 0 Å². The summed E-state index contributed by atoms with van der Waals surface area (Å²) in [6.45, 7) is 6.51. The van der Waals surface area contributed by atoms with E-state index in [9.17, 15) is 9.59 Å². The minimum absolute atomic E-state index is 0.0840. The van der Waals surface area contributed by atoms with Gasteiger partial charge in [0.15, 0.2) is 0 Å². The average Bonchev–Trinajstić information content (AvgIpc) is 3.20. The Balaban J connectivity index is 1.75. The summed E-state index contributed by atoms with van der Waals surface area (Å²) in [6, 6.07) is 16.1. The first-order valence-electron chi connectivity index (χ1n) is 11.3. The number of carbonyl (C=O) groups excluding carboxylic acids is 2. The number of aromatic nitrogens is 1. The number of carbonyl (C=O) groups is 2. The number of hydrogen-bond donors (Lipinski definition) is 2. The molecule has 0 unspecified atom stereocenters. The molecule has 32 heavy (non-hydrogen) atoms. The van der Waals surface area contributed by atoms with Crippen LogP contribution >= 0.6 is 11.3 Å². The van der Waals surface area contributed by atoms with E-state index in [4.69, 9.17) is 10.7 Å². The number of ketones is 1. The summed E-state index contributed by atoms with van der Waals surface area (Å²) in [5, 5.41) is 3.97. The Kier molecular flexibility index (Phi) is 8.53. The van der Waals surface area contributed by atoms with Gasteiger partial charge in [-0.15, -0.1) is 11.3 Å². The Hall–Kier alpha value is -2.57. The molecule has 1 amide bonds. The molecule has 0 aliphatic rings. The molecule has 5 nitrogen and oxygen atoms in total. The fourth-order valence-corrected chi connectivity index (χ4v) is 4.83. The van der Waals surface area contributed by atoms with Crippen molar-refractivity contribution in [2.24, 2.45) is 11.7 Å². The van der Waals surface area contributed by atoms with Crippen LogP contribution in [0, 0.1) is 5.92 Å². The topological polar surface area (TPSA) is 85.1 Å². The minimum atomic E-state index is -0.447. The van der Waals surface area contributed by atoms with E-state index in [1.807, 2.05) is 43.3 Å². The second-order valence-electron chi connectivity index (χ2n) is 8.62. The van der Waals surface area contributed by atoms with Gasteiger partial charge in [-0.2, -0.15) is 0 Å². The molecule has 0 aliphatic heterocycles. The summed E-state index contributed by atoms with van der Waals surface area (Å²) in [7, 11) is 0. The minimum Gasteiger partial charge on any atom is -0.352 e. The van der Waals surface area contributed by atoms with E-state index in [-0.39, 0.29) is 24.2 Å². The molecule has 1 aromatic heterocycles. The Morgan fingerprint density at radius 3 is 2.50 bits per heavy atom. The lowest BCUT2D eigenvalue weighted by atomic mass is 9.96. The predicted octanol–water partition coefficient (Wildman–Crippen LogP) is 4.63. The van der Waals surface area contributed by atoms with E-state index in [2.05, 4.69) is 31.3 Å². The Morgan fingerprint density at radius 2 is 1.84 bits per heavy atom. The first kappa shape index (κ1) is 24.1. The monoisotopic (exact) mass is 451 g/mol. The van der Waals surface area contributed by atoms with Crippen LogP contribution in [0.1, 0.15) is 55.7 Å². The van der Waals surface area contributed by atoms with Crippen LogP contribution < -0.4 is 11.1 Å². The summed E-state index contributed by atoms with van der Waals surface area (Å²) in [5.74, 6) is -0.0399. The lowest BCUT2D eigenvalue weighted by Crippen LogP contribution is -2.45. The van der Waals surface area contributed by atoms with Gasteiger partial charge in [-0.05, 0) is 35.6 Å². The number of Topliss-reactive ketones (excluding diaryl/α,β-unsaturated/α-hetero) is 1. The van der Waals surface area contributed by atoms with E-state index in [1.165, 1.54) is 5.56 Å². The fourth-order valence-electron chi connectivity index (χ4n) is 3.73. The maximum absolute atomic E-state index is 13.2. The standard InChI is InChI=1S/C26H33N3O2S/c1-4-22(30)13-20(26(31)28-21(16-27)12-18-8-6-5-7-9-18)15-25-29-23-11-10-19(17(2)3)14-24(23)32-25/h5-11,14,17,20-21H,4,12-13,15-16,27H2,1-3H3,(H,28,31)/t20-,21+/m1/s1. The highest BCUT2D eigenvalue weighted by Gasteiger charge is 2.25. The van der Waals surface area contributed by atoms with Gasteiger partial charge in [0.1, 0.15) is 5.78 Å². The number of benzene rings is 2. The summed E-state index contributed by atoms with van der Waals surface area (Å²) in [6.07, 6.45) is 1.76. The molecule has 1 heterocycles. The highest BCUT2D eigenvalue weighted by atomic mass is 32.1. The molecule has 170 valence electrons. The maximum Gasteiger partial charge on any atom is 0.224 e. The molecule has 2 aromatic carbocycles. The van der Waals surface area contributed by atoms with E-state index >= 15 is 0 Å². The van der Waals surface area contributed by atoms with Crippen LogP contribution in [-0.4, -0.2) is 29.3 Å². The molecular weight excluding hydrogens is 418 g/mol. The van der Waals surface area contributed by atoms with Crippen molar-refractivity contribution in [1.82, 2.24) is 10.3 Å². The van der Waals surface area contributed by atoms with Crippen molar-refractivity contribution in [1.29, 1.82) is 0 Å². The number of rotatable bonds is 11. The first-order chi connectivity index (χ1) is 15.4. The Morgan fingerprint density at radius 1 is 1.09 bits per heavy atom. The predicted molar refractivity (Wildman–Crippen MR) is 132 cm³/mol. The second-order valence-corrected chi connectivity index (χ2v) is 9.73. The fraction of sp³-hybridized carbons (Fsp3) is 0.423. The smallest absolute Gasteiger partial charge is 0.224 e. The van der Waals surface area contributed by atoms with Gasteiger partial charge in [0.25, 0.3) is 0 Å². The molecule has 3 aromatic rings. The van der Waals surface area contributed by atoms with Gasteiger partial charge in [-0.25, -0.2) is 4.98 Å². The van der Waals surface area contributed by atoms with Crippen molar-refractivity contribution >= 4 is 33.2 Å². The SMILES string of the molecule is CCC(=O)C[C@H](Cc1nc2ccc(C(C)C)cc2s1)C(=O)N[C@H](CN)Cc1ccccc1. The summed E-state index contributed by atoms with van der Waals surface area (Å²) >= 11 is 1.61. The summed E-state index contributed by atoms with van der Waals surface area (Å²) in [4.78, 5) is 30.1. The van der Waals surface area contributed by atoms with Crippen LogP contribution in [0.15, 0.2) is 48.5 Å². The zero-order valence-corrected chi connectivity index (χ0v) is 20.0. The van der Waals surface area contributed by atoms with Crippen LogP contribution in [0.25, 0.3) is 10.2 Å². The summed E-state index contributed by atoms with van der Waals surface area (Å²) in [5.41, 5.74) is 9.29. The Bertz CT molecular complexity index is 1050. The summed E-state index contributed by atoms with van der Waals surface area (Å²) < 4.78 is 1.12. The lowest BCUT2D eigenvalue weighted by molar-refractivity contribution is -0.129. The number of nitrogens with two attached hydrogens (primary N) is 1. The molecule has 0 radical (unpaired) electrons. The van der Waals surface area contributed by atoms with Crippen molar-refractivity contribution in [3.63, 3.8) is 0 Å². The molecule has 6 heteroatoms. The molecule has 3 N–H and O–H groups in total. The van der Waals surface area contributed by atoms with Crippen LogP contribution in [0.5, 0.6) is 0 Å². The third-order valence-electron chi connectivity index (χ3n) is 5.74. The van der Waals surface area contributed by atoms with Gasteiger partial charge in [0.05, 0.1) is 21.1 Å². The first-order valence-corrected chi connectivity index (χ1v) is 12.2. The molecule has 0 bridgehead atoms. The van der Waals surface area contributed by atoms with Crippen molar-refractivity contribution in [3.05, 3.63) is 64.7 Å². The molecule has 0 spiro atoms. The molecule has 2 atom stereocenters. The van der Waals surface area contributed by atoms with E-state index in [0.29, 0.717) is 31.7 Å². The number of thiazole rings is 1. The zero-order chi connectivity index (χ0) is 23.1.